The van der Waals surface area contributed by atoms with Gasteiger partial charge in [0, 0.05) is 17.3 Å². The zero-order valence-electron chi connectivity index (χ0n) is 12.1. The molecule has 1 N–H and O–H groups in total. The van der Waals surface area contributed by atoms with E-state index in [1.807, 2.05) is 0 Å². The van der Waals surface area contributed by atoms with Gasteiger partial charge >= 0.3 is 0 Å². The maximum Gasteiger partial charge on any atom is 0.255 e. The lowest BCUT2D eigenvalue weighted by Gasteiger charge is -2.11. The van der Waals surface area contributed by atoms with Crippen molar-refractivity contribution >= 4 is 11.6 Å². The molecule has 0 fully saturated rings. The van der Waals surface area contributed by atoms with Crippen molar-refractivity contribution in [1.82, 2.24) is 0 Å². The van der Waals surface area contributed by atoms with Gasteiger partial charge in [-0.1, -0.05) is 0 Å². The summed E-state index contributed by atoms with van der Waals surface area (Å²) in [6.45, 7) is 1.69. The fourth-order valence-corrected chi connectivity index (χ4v) is 1.99. The third kappa shape index (κ3) is 3.31. The van der Waals surface area contributed by atoms with Crippen molar-refractivity contribution in [2.45, 2.75) is 6.92 Å². The number of rotatable bonds is 4. The zero-order valence-corrected chi connectivity index (χ0v) is 12.1. The summed E-state index contributed by atoms with van der Waals surface area (Å²) in [6, 6.07) is 9.11. The average molecular weight is 289 g/mol. The van der Waals surface area contributed by atoms with Crippen molar-refractivity contribution in [1.29, 1.82) is 0 Å². The molecule has 0 unspecified atom stereocenters. The third-order valence-electron chi connectivity index (χ3n) is 3.07. The van der Waals surface area contributed by atoms with Crippen molar-refractivity contribution in [2.24, 2.45) is 0 Å². The van der Waals surface area contributed by atoms with Gasteiger partial charge in [0.05, 0.1) is 14.2 Å². The van der Waals surface area contributed by atoms with Crippen LogP contribution in [-0.4, -0.2) is 20.1 Å². The largest absolute Gasteiger partial charge is 0.493 e. The number of carbonyl (C=O) groups excluding carboxylic acids is 1. The van der Waals surface area contributed by atoms with Crippen molar-refractivity contribution in [3.63, 3.8) is 0 Å². The molecule has 2 aromatic rings. The van der Waals surface area contributed by atoms with E-state index >= 15 is 0 Å². The standard InChI is InChI=1S/C16H16FNO3/c1-10-8-11(17)4-6-13(10)16(19)18-12-5-7-14(20-2)15(9-12)21-3/h4-9H,1-3H3,(H,18,19). The summed E-state index contributed by atoms with van der Waals surface area (Å²) < 4.78 is 23.4. The van der Waals surface area contributed by atoms with E-state index in [-0.39, 0.29) is 11.7 Å². The maximum absolute atomic E-state index is 13.1. The van der Waals surface area contributed by atoms with E-state index in [2.05, 4.69) is 5.32 Å². The molecule has 0 aromatic heterocycles. The lowest BCUT2D eigenvalue weighted by atomic mass is 10.1. The minimum Gasteiger partial charge on any atom is -0.493 e. The second kappa shape index (κ2) is 6.26. The summed E-state index contributed by atoms with van der Waals surface area (Å²) in [6.07, 6.45) is 0. The first-order valence-corrected chi connectivity index (χ1v) is 6.34. The Hall–Kier alpha value is -2.56. The van der Waals surface area contributed by atoms with Gasteiger partial charge in [-0.15, -0.1) is 0 Å². The number of aryl methyl sites for hydroxylation is 1. The second-order valence-corrected chi connectivity index (χ2v) is 4.48. The minimum absolute atomic E-state index is 0.306. The number of hydrogen-bond donors (Lipinski definition) is 1. The van der Waals surface area contributed by atoms with Crippen LogP contribution in [0.5, 0.6) is 11.5 Å². The fraction of sp³-hybridized carbons (Fsp3) is 0.188. The van der Waals surface area contributed by atoms with Crippen molar-refractivity contribution in [2.75, 3.05) is 19.5 Å². The highest BCUT2D eigenvalue weighted by Gasteiger charge is 2.11. The number of halogens is 1. The summed E-state index contributed by atoms with van der Waals surface area (Å²) in [7, 11) is 3.06. The Morgan fingerprint density at radius 3 is 2.38 bits per heavy atom. The molecule has 0 spiro atoms. The molecule has 2 aromatic carbocycles. The van der Waals surface area contributed by atoms with Gasteiger partial charge in [-0.2, -0.15) is 0 Å². The number of methoxy groups -OCH3 is 2. The van der Waals surface area contributed by atoms with E-state index in [1.54, 1.807) is 25.1 Å². The molecular weight excluding hydrogens is 273 g/mol. The van der Waals surface area contributed by atoms with Gasteiger partial charge in [0.2, 0.25) is 0 Å². The molecule has 0 aliphatic rings. The minimum atomic E-state index is -0.366. The molecule has 0 aliphatic carbocycles. The number of ether oxygens (including phenoxy) is 2. The topological polar surface area (TPSA) is 47.6 Å². The summed E-state index contributed by atoms with van der Waals surface area (Å²) in [5.74, 6) is 0.425. The lowest BCUT2D eigenvalue weighted by molar-refractivity contribution is 0.102. The summed E-state index contributed by atoms with van der Waals surface area (Å²) in [5.41, 5.74) is 1.57. The fourth-order valence-electron chi connectivity index (χ4n) is 1.99. The van der Waals surface area contributed by atoms with Crippen LogP contribution in [0.2, 0.25) is 0 Å². The van der Waals surface area contributed by atoms with Crippen LogP contribution < -0.4 is 14.8 Å². The van der Waals surface area contributed by atoms with Crippen molar-refractivity contribution in [3.8, 4) is 11.5 Å². The van der Waals surface area contributed by atoms with Gasteiger partial charge < -0.3 is 14.8 Å². The van der Waals surface area contributed by atoms with Crippen molar-refractivity contribution in [3.05, 3.63) is 53.3 Å². The number of benzene rings is 2. The number of anilines is 1. The quantitative estimate of drug-likeness (QED) is 0.938. The first kappa shape index (κ1) is 14.8. The van der Waals surface area contributed by atoms with E-state index in [4.69, 9.17) is 9.47 Å². The first-order valence-electron chi connectivity index (χ1n) is 6.34. The van der Waals surface area contributed by atoms with Gasteiger partial charge in [0.15, 0.2) is 11.5 Å². The number of carbonyl (C=O) groups is 1. The smallest absolute Gasteiger partial charge is 0.255 e. The summed E-state index contributed by atoms with van der Waals surface area (Å²) in [5, 5.41) is 2.75. The van der Waals surface area contributed by atoms with Crippen LogP contribution in [0, 0.1) is 12.7 Å². The van der Waals surface area contributed by atoms with Crippen LogP contribution in [0.15, 0.2) is 36.4 Å². The zero-order chi connectivity index (χ0) is 15.4. The monoisotopic (exact) mass is 289 g/mol. The predicted molar refractivity (Wildman–Crippen MR) is 78.6 cm³/mol. The highest BCUT2D eigenvalue weighted by molar-refractivity contribution is 6.05. The van der Waals surface area contributed by atoms with Gasteiger partial charge in [-0.25, -0.2) is 4.39 Å². The molecule has 21 heavy (non-hydrogen) atoms. The molecule has 4 nitrogen and oxygen atoms in total. The number of nitrogens with one attached hydrogen (secondary N) is 1. The SMILES string of the molecule is COc1ccc(NC(=O)c2ccc(F)cc2C)cc1OC. The Balaban J connectivity index is 2.23. The molecule has 0 atom stereocenters. The van der Waals surface area contributed by atoms with Gasteiger partial charge in [0.1, 0.15) is 5.82 Å². The molecule has 0 saturated heterocycles. The molecule has 1 amide bonds. The van der Waals surface area contributed by atoms with E-state index in [1.165, 1.54) is 32.4 Å². The molecule has 0 aliphatic heterocycles. The lowest BCUT2D eigenvalue weighted by Crippen LogP contribution is -2.13. The normalized spacial score (nSPS) is 10.1. The number of hydrogen-bond acceptors (Lipinski definition) is 3. The highest BCUT2D eigenvalue weighted by Crippen LogP contribution is 2.30. The Morgan fingerprint density at radius 2 is 1.76 bits per heavy atom. The van der Waals surface area contributed by atoms with E-state index < -0.39 is 0 Å². The number of amides is 1. The summed E-state index contributed by atoms with van der Waals surface area (Å²) >= 11 is 0. The van der Waals surface area contributed by atoms with Crippen LogP contribution in [0.4, 0.5) is 10.1 Å². The summed E-state index contributed by atoms with van der Waals surface area (Å²) in [4.78, 5) is 12.2. The first-order chi connectivity index (χ1) is 10.0. The molecule has 0 saturated carbocycles. The van der Waals surface area contributed by atoms with E-state index in [9.17, 15) is 9.18 Å². The van der Waals surface area contributed by atoms with E-state index in [0.29, 0.717) is 28.3 Å². The molecule has 5 heteroatoms. The molecular formula is C16H16FNO3. The van der Waals surface area contributed by atoms with Gasteiger partial charge in [-0.3, -0.25) is 4.79 Å². The third-order valence-corrected chi connectivity index (χ3v) is 3.07. The van der Waals surface area contributed by atoms with Crippen LogP contribution in [0.1, 0.15) is 15.9 Å². The maximum atomic E-state index is 13.1. The van der Waals surface area contributed by atoms with Crippen LogP contribution in [0.3, 0.4) is 0 Å². The van der Waals surface area contributed by atoms with Crippen LogP contribution in [-0.2, 0) is 0 Å². The Labute approximate surface area is 122 Å². The molecule has 0 bridgehead atoms. The Bertz CT molecular complexity index is 671. The second-order valence-electron chi connectivity index (χ2n) is 4.48. The van der Waals surface area contributed by atoms with E-state index in [0.717, 1.165) is 0 Å². The predicted octanol–water partition coefficient (Wildman–Crippen LogP) is 3.40. The highest BCUT2D eigenvalue weighted by atomic mass is 19.1. The van der Waals surface area contributed by atoms with Crippen LogP contribution >= 0.6 is 0 Å². The molecule has 2 rings (SSSR count). The van der Waals surface area contributed by atoms with Gasteiger partial charge in [-0.05, 0) is 42.8 Å². The molecule has 0 radical (unpaired) electrons. The molecule has 110 valence electrons. The average Bonchev–Trinajstić information content (AvgIpc) is 2.46. The van der Waals surface area contributed by atoms with Crippen molar-refractivity contribution < 1.29 is 18.7 Å². The Kier molecular flexibility index (Phi) is 4.42. The van der Waals surface area contributed by atoms with Crippen LogP contribution in [0.25, 0.3) is 0 Å². The van der Waals surface area contributed by atoms with Gasteiger partial charge in [0.25, 0.3) is 5.91 Å². The molecule has 0 heterocycles. The Morgan fingerprint density at radius 1 is 1.05 bits per heavy atom.